The standard InChI is InChI=1S/C17H37N/c1-4-6-7-8-9-10-13-17(3)14-11-12-16-18-15-5-2/h17-18H,4-16H2,1-3H3/t17-/m1/s1. The lowest BCUT2D eigenvalue weighted by atomic mass is 9.97. The summed E-state index contributed by atoms with van der Waals surface area (Å²) in [5.41, 5.74) is 0. The topological polar surface area (TPSA) is 12.0 Å². The maximum Gasteiger partial charge on any atom is -0.00489 e. The maximum atomic E-state index is 3.48. The minimum atomic E-state index is 0.947. The average molecular weight is 255 g/mol. The molecule has 110 valence electrons. The fourth-order valence-electron chi connectivity index (χ4n) is 2.46. The monoisotopic (exact) mass is 255 g/mol. The third-order valence-corrected chi connectivity index (χ3v) is 3.78. The highest BCUT2D eigenvalue weighted by Crippen LogP contribution is 2.16. The van der Waals surface area contributed by atoms with Crippen LogP contribution in [-0.4, -0.2) is 13.1 Å². The van der Waals surface area contributed by atoms with Gasteiger partial charge in [-0.3, -0.25) is 0 Å². The number of hydrogen-bond donors (Lipinski definition) is 1. The minimum absolute atomic E-state index is 0.947. The van der Waals surface area contributed by atoms with E-state index >= 15 is 0 Å². The molecule has 0 aliphatic rings. The lowest BCUT2D eigenvalue weighted by Crippen LogP contribution is -2.15. The van der Waals surface area contributed by atoms with Gasteiger partial charge in [0.25, 0.3) is 0 Å². The molecule has 0 saturated heterocycles. The highest BCUT2D eigenvalue weighted by Gasteiger charge is 2.01. The third-order valence-electron chi connectivity index (χ3n) is 3.78. The molecule has 1 heteroatoms. The molecule has 1 atom stereocenters. The molecule has 0 heterocycles. The first-order chi connectivity index (χ1) is 8.81. The summed E-state index contributed by atoms with van der Waals surface area (Å²) in [4.78, 5) is 0. The molecule has 0 amide bonds. The molecule has 0 aliphatic heterocycles. The van der Waals surface area contributed by atoms with Gasteiger partial charge in [-0.2, -0.15) is 0 Å². The zero-order valence-electron chi connectivity index (χ0n) is 13.3. The van der Waals surface area contributed by atoms with Gasteiger partial charge in [-0.05, 0) is 31.8 Å². The van der Waals surface area contributed by atoms with E-state index in [1.165, 1.54) is 83.7 Å². The van der Waals surface area contributed by atoms with Crippen LogP contribution in [0.3, 0.4) is 0 Å². The zero-order valence-corrected chi connectivity index (χ0v) is 13.3. The summed E-state index contributed by atoms with van der Waals surface area (Å²) in [6, 6.07) is 0. The number of rotatable bonds is 14. The number of unbranched alkanes of at least 4 members (excludes halogenated alkanes) is 6. The zero-order chi connectivity index (χ0) is 13.5. The molecule has 0 aromatic heterocycles. The highest BCUT2D eigenvalue weighted by atomic mass is 14.8. The van der Waals surface area contributed by atoms with Crippen LogP contribution >= 0.6 is 0 Å². The summed E-state index contributed by atoms with van der Waals surface area (Å²) in [5.74, 6) is 0.947. The fraction of sp³-hybridized carbons (Fsp3) is 1.00. The normalized spacial score (nSPS) is 12.8. The van der Waals surface area contributed by atoms with Gasteiger partial charge in [0, 0.05) is 0 Å². The van der Waals surface area contributed by atoms with E-state index in [4.69, 9.17) is 0 Å². The van der Waals surface area contributed by atoms with Crippen LogP contribution in [0.1, 0.15) is 91.4 Å². The Morgan fingerprint density at radius 1 is 0.667 bits per heavy atom. The van der Waals surface area contributed by atoms with E-state index in [0.717, 1.165) is 5.92 Å². The van der Waals surface area contributed by atoms with Gasteiger partial charge in [-0.15, -0.1) is 0 Å². The van der Waals surface area contributed by atoms with E-state index < -0.39 is 0 Å². The molecule has 0 rings (SSSR count). The first-order valence-electron chi connectivity index (χ1n) is 8.52. The van der Waals surface area contributed by atoms with Crippen molar-refractivity contribution in [3.05, 3.63) is 0 Å². The molecule has 0 fully saturated rings. The Bertz CT molecular complexity index is 129. The molecule has 0 aliphatic carbocycles. The number of hydrogen-bond acceptors (Lipinski definition) is 1. The maximum absolute atomic E-state index is 3.48. The summed E-state index contributed by atoms with van der Waals surface area (Å²) in [7, 11) is 0. The Hall–Kier alpha value is -0.0400. The second-order valence-corrected chi connectivity index (χ2v) is 5.91. The van der Waals surface area contributed by atoms with Gasteiger partial charge in [0.05, 0.1) is 0 Å². The Morgan fingerprint density at radius 2 is 1.28 bits per heavy atom. The van der Waals surface area contributed by atoms with E-state index in [2.05, 4.69) is 26.1 Å². The van der Waals surface area contributed by atoms with Crippen LogP contribution < -0.4 is 5.32 Å². The van der Waals surface area contributed by atoms with Gasteiger partial charge in [-0.25, -0.2) is 0 Å². The summed E-state index contributed by atoms with van der Waals surface area (Å²) in [6.45, 7) is 9.36. The molecule has 0 bridgehead atoms. The third kappa shape index (κ3) is 14.0. The summed E-state index contributed by atoms with van der Waals surface area (Å²) < 4.78 is 0. The lowest BCUT2D eigenvalue weighted by molar-refractivity contribution is 0.434. The Labute approximate surface area is 116 Å². The van der Waals surface area contributed by atoms with Crippen molar-refractivity contribution >= 4 is 0 Å². The van der Waals surface area contributed by atoms with Gasteiger partial charge >= 0.3 is 0 Å². The highest BCUT2D eigenvalue weighted by molar-refractivity contribution is 4.56. The SMILES string of the molecule is CCCCCCCC[C@@H](C)CCCCNCCC. The van der Waals surface area contributed by atoms with Gasteiger partial charge in [0.15, 0.2) is 0 Å². The molecular weight excluding hydrogens is 218 g/mol. The number of nitrogens with one attached hydrogen (secondary N) is 1. The Morgan fingerprint density at radius 3 is 1.94 bits per heavy atom. The van der Waals surface area contributed by atoms with Gasteiger partial charge < -0.3 is 5.32 Å². The quantitative estimate of drug-likeness (QED) is 0.402. The molecule has 1 nitrogen and oxygen atoms in total. The van der Waals surface area contributed by atoms with Crippen molar-refractivity contribution < 1.29 is 0 Å². The van der Waals surface area contributed by atoms with Gasteiger partial charge in [0.2, 0.25) is 0 Å². The molecule has 0 aromatic carbocycles. The van der Waals surface area contributed by atoms with Crippen molar-refractivity contribution in [1.82, 2.24) is 5.32 Å². The molecule has 0 radical (unpaired) electrons. The second-order valence-electron chi connectivity index (χ2n) is 5.91. The van der Waals surface area contributed by atoms with Crippen LogP contribution in [0.25, 0.3) is 0 Å². The van der Waals surface area contributed by atoms with Crippen LogP contribution in [0.5, 0.6) is 0 Å². The van der Waals surface area contributed by atoms with Crippen LogP contribution in [-0.2, 0) is 0 Å². The predicted molar refractivity (Wildman–Crippen MR) is 84.2 cm³/mol. The summed E-state index contributed by atoms with van der Waals surface area (Å²) in [6.07, 6.45) is 15.5. The van der Waals surface area contributed by atoms with Crippen LogP contribution in [0, 0.1) is 5.92 Å². The van der Waals surface area contributed by atoms with E-state index in [1.807, 2.05) is 0 Å². The van der Waals surface area contributed by atoms with Crippen molar-refractivity contribution in [2.45, 2.75) is 91.4 Å². The smallest absolute Gasteiger partial charge is 0.00489 e. The Balaban J connectivity index is 3.10. The molecular formula is C17H37N. The first-order valence-corrected chi connectivity index (χ1v) is 8.52. The molecule has 18 heavy (non-hydrogen) atoms. The van der Waals surface area contributed by atoms with E-state index in [-0.39, 0.29) is 0 Å². The van der Waals surface area contributed by atoms with Crippen molar-refractivity contribution in [3.63, 3.8) is 0 Å². The molecule has 0 saturated carbocycles. The summed E-state index contributed by atoms with van der Waals surface area (Å²) in [5, 5.41) is 3.48. The van der Waals surface area contributed by atoms with Gasteiger partial charge in [0.1, 0.15) is 0 Å². The molecule has 0 aromatic rings. The van der Waals surface area contributed by atoms with Crippen LogP contribution in [0.4, 0.5) is 0 Å². The molecule has 0 unspecified atom stereocenters. The lowest BCUT2D eigenvalue weighted by Gasteiger charge is -2.11. The largest absolute Gasteiger partial charge is 0.317 e. The Kier molecular flexibility index (Phi) is 15.0. The van der Waals surface area contributed by atoms with Crippen LogP contribution in [0.15, 0.2) is 0 Å². The van der Waals surface area contributed by atoms with Crippen molar-refractivity contribution in [3.8, 4) is 0 Å². The van der Waals surface area contributed by atoms with E-state index in [1.54, 1.807) is 0 Å². The van der Waals surface area contributed by atoms with E-state index in [0.29, 0.717) is 0 Å². The fourth-order valence-corrected chi connectivity index (χ4v) is 2.46. The summed E-state index contributed by atoms with van der Waals surface area (Å²) >= 11 is 0. The molecule has 1 N–H and O–H groups in total. The second kappa shape index (κ2) is 15.0. The molecule has 0 spiro atoms. The van der Waals surface area contributed by atoms with Crippen molar-refractivity contribution in [2.24, 2.45) is 5.92 Å². The van der Waals surface area contributed by atoms with Crippen LogP contribution in [0.2, 0.25) is 0 Å². The van der Waals surface area contributed by atoms with E-state index in [9.17, 15) is 0 Å². The minimum Gasteiger partial charge on any atom is -0.317 e. The van der Waals surface area contributed by atoms with Gasteiger partial charge in [-0.1, -0.05) is 78.6 Å². The van der Waals surface area contributed by atoms with Crippen molar-refractivity contribution in [1.29, 1.82) is 0 Å². The predicted octanol–water partition coefficient (Wildman–Crippen LogP) is 5.54. The average Bonchev–Trinajstić information content (AvgIpc) is 2.38. The van der Waals surface area contributed by atoms with Crippen molar-refractivity contribution in [2.75, 3.05) is 13.1 Å². The first kappa shape index (κ1) is 18.0.